The molecule has 3 aromatic rings. The van der Waals surface area contributed by atoms with E-state index in [1.54, 1.807) is 43.3 Å². The summed E-state index contributed by atoms with van der Waals surface area (Å²) < 4.78 is 28.4. The summed E-state index contributed by atoms with van der Waals surface area (Å²) in [6.45, 7) is 2.85. The Morgan fingerprint density at radius 1 is 0.946 bits per heavy atom. The molecule has 0 bridgehead atoms. The van der Waals surface area contributed by atoms with Crippen molar-refractivity contribution in [3.63, 3.8) is 0 Å². The molecule has 7 nitrogen and oxygen atoms in total. The van der Waals surface area contributed by atoms with E-state index in [9.17, 15) is 18.0 Å². The van der Waals surface area contributed by atoms with Crippen LogP contribution in [0.25, 0.3) is 0 Å². The number of likely N-dealkylation sites (N-methyl/N-ethyl adjacent to an activating group) is 1. The van der Waals surface area contributed by atoms with Gasteiger partial charge in [-0.3, -0.25) is 13.9 Å². The van der Waals surface area contributed by atoms with Gasteiger partial charge in [0.2, 0.25) is 11.8 Å². The van der Waals surface area contributed by atoms with E-state index in [1.165, 1.54) is 42.3 Å². The smallest absolute Gasteiger partial charge is 0.264 e. The van der Waals surface area contributed by atoms with Crippen LogP contribution in [0.1, 0.15) is 18.1 Å². The Labute approximate surface area is 232 Å². The van der Waals surface area contributed by atoms with Gasteiger partial charge in [0.1, 0.15) is 12.6 Å². The molecule has 0 unspecified atom stereocenters. The number of hydrogen-bond donors (Lipinski definition) is 1. The second-order valence-electron chi connectivity index (χ2n) is 8.36. The number of sulfonamides is 1. The van der Waals surface area contributed by atoms with Crippen molar-refractivity contribution in [1.82, 2.24) is 10.2 Å². The first-order valence-electron chi connectivity index (χ1n) is 11.2. The number of anilines is 1. The van der Waals surface area contributed by atoms with Crippen LogP contribution < -0.4 is 9.62 Å². The maximum atomic E-state index is 13.7. The van der Waals surface area contributed by atoms with Crippen LogP contribution in [0, 0.1) is 6.92 Å². The standard InChI is InChI=1S/C26H26Cl3N3O4S/c1-17-7-10-22(11-8-17)37(35,36)32(21-9-12-23(28)24(29)14-21)16-25(33)31(18(2)26(34)30-3)15-19-5-4-6-20(27)13-19/h4-14,18H,15-16H2,1-3H3,(H,30,34)/t18-/m0/s1. The summed E-state index contributed by atoms with van der Waals surface area (Å²) in [5.74, 6) is -1.00. The highest BCUT2D eigenvalue weighted by atomic mass is 35.5. The van der Waals surface area contributed by atoms with Crippen molar-refractivity contribution >= 4 is 62.3 Å². The third-order valence-electron chi connectivity index (χ3n) is 5.73. The lowest BCUT2D eigenvalue weighted by molar-refractivity contribution is -0.139. The summed E-state index contributed by atoms with van der Waals surface area (Å²) in [6.07, 6.45) is 0. The average Bonchev–Trinajstić information content (AvgIpc) is 2.86. The maximum Gasteiger partial charge on any atom is 0.264 e. The molecular formula is C26H26Cl3N3O4S. The number of amides is 2. The Kier molecular flexibility index (Phi) is 9.47. The molecule has 3 rings (SSSR count). The largest absolute Gasteiger partial charge is 0.357 e. The van der Waals surface area contributed by atoms with Gasteiger partial charge in [0, 0.05) is 18.6 Å². The molecule has 0 aliphatic heterocycles. The summed E-state index contributed by atoms with van der Waals surface area (Å²) in [5.41, 5.74) is 1.71. The fraction of sp³-hybridized carbons (Fsp3) is 0.231. The predicted octanol–water partition coefficient (Wildman–Crippen LogP) is 5.31. The molecule has 1 atom stereocenters. The van der Waals surface area contributed by atoms with Crippen LogP contribution in [0.5, 0.6) is 0 Å². The molecule has 1 N–H and O–H groups in total. The minimum absolute atomic E-state index is 0.00212. The summed E-state index contributed by atoms with van der Waals surface area (Å²) in [4.78, 5) is 27.5. The molecule has 0 saturated carbocycles. The molecule has 2 amide bonds. The maximum absolute atomic E-state index is 13.7. The molecule has 0 fully saturated rings. The average molecular weight is 583 g/mol. The number of hydrogen-bond acceptors (Lipinski definition) is 4. The Balaban J connectivity index is 2.06. The Morgan fingerprint density at radius 3 is 2.22 bits per heavy atom. The van der Waals surface area contributed by atoms with Crippen LogP contribution in [0.3, 0.4) is 0 Å². The van der Waals surface area contributed by atoms with Gasteiger partial charge in [0.25, 0.3) is 10.0 Å². The normalized spacial score (nSPS) is 12.1. The lowest BCUT2D eigenvalue weighted by Crippen LogP contribution is -2.50. The monoisotopic (exact) mass is 581 g/mol. The van der Waals surface area contributed by atoms with Crippen molar-refractivity contribution in [2.45, 2.75) is 31.3 Å². The SMILES string of the molecule is CNC(=O)[C@H](C)N(Cc1cccc(Cl)c1)C(=O)CN(c1ccc(Cl)c(Cl)c1)S(=O)(=O)c1ccc(C)cc1. The molecule has 0 aliphatic rings. The van der Waals surface area contributed by atoms with Gasteiger partial charge in [-0.1, -0.05) is 64.6 Å². The molecule has 0 heterocycles. The van der Waals surface area contributed by atoms with E-state index in [0.29, 0.717) is 10.6 Å². The van der Waals surface area contributed by atoms with Crippen molar-refractivity contribution in [3.8, 4) is 0 Å². The molecule has 0 saturated heterocycles. The third-order valence-corrected chi connectivity index (χ3v) is 8.50. The van der Waals surface area contributed by atoms with Crippen LogP contribution in [0.15, 0.2) is 71.6 Å². The lowest BCUT2D eigenvalue weighted by Gasteiger charge is -2.32. The first-order valence-corrected chi connectivity index (χ1v) is 13.8. The fourth-order valence-corrected chi connectivity index (χ4v) is 5.54. The van der Waals surface area contributed by atoms with Crippen LogP contribution in [0.4, 0.5) is 5.69 Å². The number of halogens is 3. The highest BCUT2D eigenvalue weighted by Gasteiger charge is 2.32. The summed E-state index contributed by atoms with van der Waals surface area (Å²) in [6, 6.07) is 16.6. The number of benzene rings is 3. The Bertz CT molecular complexity index is 1400. The number of nitrogens with one attached hydrogen (secondary N) is 1. The third kappa shape index (κ3) is 6.96. The minimum atomic E-state index is -4.20. The molecule has 0 aromatic heterocycles. The molecule has 196 valence electrons. The van der Waals surface area contributed by atoms with Gasteiger partial charge in [-0.2, -0.15) is 0 Å². The van der Waals surface area contributed by atoms with Crippen LogP contribution in [0.2, 0.25) is 15.1 Å². The van der Waals surface area contributed by atoms with Gasteiger partial charge in [-0.15, -0.1) is 0 Å². The highest BCUT2D eigenvalue weighted by molar-refractivity contribution is 7.92. The molecule has 11 heteroatoms. The zero-order valence-electron chi connectivity index (χ0n) is 20.4. The topological polar surface area (TPSA) is 86.8 Å². The number of nitrogens with zero attached hydrogens (tertiary/aromatic N) is 2. The van der Waals surface area contributed by atoms with Crippen molar-refractivity contribution in [2.24, 2.45) is 0 Å². The van der Waals surface area contributed by atoms with Gasteiger partial charge < -0.3 is 10.2 Å². The molecule has 0 radical (unpaired) electrons. The number of carbonyl (C=O) groups excluding carboxylic acids is 2. The lowest BCUT2D eigenvalue weighted by atomic mass is 10.1. The van der Waals surface area contributed by atoms with Crippen molar-refractivity contribution in [1.29, 1.82) is 0 Å². The van der Waals surface area contributed by atoms with Crippen LogP contribution in [-0.4, -0.2) is 44.8 Å². The van der Waals surface area contributed by atoms with E-state index in [4.69, 9.17) is 34.8 Å². The predicted molar refractivity (Wildman–Crippen MR) is 148 cm³/mol. The molecule has 3 aromatic carbocycles. The van der Waals surface area contributed by atoms with Gasteiger partial charge >= 0.3 is 0 Å². The first kappa shape index (κ1) is 28.8. The number of carbonyl (C=O) groups is 2. The van der Waals surface area contributed by atoms with Gasteiger partial charge in [0.15, 0.2) is 0 Å². The minimum Gasteiger partial charge on any atom is -0.357 e. The zero-order valence-corrected chi connectivity index (χ0v) is 23.5. The molecule has 0 aliphatic carbocycles. The van der Waals surface area contributed by atoms with E-state index in [1.807, 2.05) is 6.92 Å². The van der Waals surface area contributed by atoms with E-state index in [2.05, 4.69) is 5.32 Å². The van der Waals surface area contributed by atoms with E-state index in [-0.39, 0.29) is 27.2 Å². The summed E-state index contributed by atoms with van der Waals surface area (Å²) in [7, 11) is -2.73. The molecule has 37 heavy (non-hydrogen) atoms. The van der Waals surface area contributed by atoms with Crippen LogP contribution >= 0.6 is 34.8 Å². The second-order valence-corrected chi connectivity index (χ2v) is 11.5. The number of aryl methyl sites for hydroxylation is 1. The van der Waals surface area contributed by atoms with Gasteiger partial charge in [-0.25, -0.2) is 8.42 Å². The second kappa shape index (κ2) is 12.2. The van der Waals surface area contributed by atoms with E-state index in [0.717, 1.165) is 9.87 Å². The van der Waals surface area contributed by atoms with E-state index >= 15 is 0 Å². The fourth-order valence-electron chi connectivity index (χ4n) is 3.63. The van der Waals surface area contributed by atoms with E-state index < -0.39 is 34.4 Å². The first-order chi connectivity index (χ1) is 17.4. The highest BCUT2D eigenvalue weighted by Crippen LogP contribution is 2.31. The van der Waals surface area contributed by atoms with Crippen molar-refractivity contribution in [2.75, 3.05) is 17.9 Å². The Morgan fingerprint density at radius 2 is 1.62 bits per heavy atom. The summed E-state index contributed by atoms with van der Waals surface area (Å²) in [5, 5.41) is 3.37. The van der Waals surface area contributed by atoms with Crippen molar-refractivity contribution < 1.29 is 18.0 Å². The number of rotatable bonds is 9. The summed E-state index contributed by atoms with van der Waals surface area (Å²) >= 11 is 18.4. The van der Waals surface area contributed by atoms with Crippen molar-refractivity contribution in [3.05, 3.63) is 92.9 Å². The quantitative estimate of drug-likeness (QED) is 0.370. The molecule has 0 spiro atoms. The Hall–Kier alpha value is -2.78. The van der Waals surface area contributed by atoms with Gasteiger partial charge in [0.05, 0.1) is 20.6 Å². The van der Waals surface area contributed by atoms with Crippen LogP contribution in [-0.2, 0) is 26.2 Å². The zero-order chi connectivity index (χ0) is 27.3. The molecular weight excluding hydrogens is 557 g/mol. The van der Waals surface area contributed by atoms with Gasteiger partial charge in [-0.05, 0) is 61.9 Å².